The van der Waals surface area contributed by atoms with E-state index in [0.29, 0.717) is 29.7 Å². The Hall–Kier alpha value is -11.7. The van der Waals surface area contributed by atoms with Crippen molar-refractivity contribution in [2.75, 3.05) is 19.6 Å². The van der Waals surface area contributed by atoms with Crippen LogP contribution in [0.4, 0.5) is 0 Å². The van der Waals surface area contributed by atoms with Crippen molar-refractivity contribution in [2.45, 2.75) is 191 Å². The molecule has 1 heterocycles. The fourth-order valence-electron chi connectivity index (χ4n) is 10.6. The number of carboxylic acid groups (broad SMARTS) is 2. The number of nitrogens with one attached hydrogen (secondary N) is 15. The lowest BCUT2D eigenvalue weighted by atomic mass is 10.0. The minimum atomic E-state index is -1.74. The monoisotopic (exact) mass is 1480 g/mol. The van der Waals surface area contributed by atoms with Crippen molar-refractivity contribution < 1.29 is 87.2 Å². The number of hydrogen-bond acceptors (Lipinski definition) is 18. The number of amides is 13. The number of aliphatic carboxylic acids is 2. The van der Waals surface area contributed by atoms with Crippen molar-refractivity contribution in [1.82, 2.24) is 74.1 Å². The van der Waals surface area contributed by atoms with Gasteiger partial charge in [0.25, 0.3) is 0 Å². The number of guanidine groups is 1. The van der Waals surface area contributed by atoms with Gasteiger partial charge in [0.15, 0.2) is 5.96 Å². The van der Waals surface area contributed by atoms with Gasteiger partial charge in [-0.25, -0.2) is 4.79 Å². The van der Waals surface area contributed by atoms with Crippen molar-refractivity contribution >= 4 is 106 Å². The van der Waals surface area contributed by atoms with Gasteiger partial charge in [0.1, 0.15) is 66.2 Å². The lowest BCUT2D eigenvalue weighted by Gasteiger charge is -2.27. The number of phenols is 1. The zero-order valence-corrected chi connectivity index (χ0v) is 59.9. The van der Waals surface area contributed by atoms with Gasteiger partial charge in [-0.3, -0.25) is 72.5 Å². The number of fused-ring (bicyclic) bond motifs is 1. The molecular formula is C70H100N18O18. The number of nitrogens with two attached hydrogens (primary N) is 3. The molecule has 0 saturated heterocycles. The van der Waals surface area contributed by atoms with E-state index in [4.69, 9.17) is 22.6 Å². The van der Waals surface area contributed by atoms with Gasteiger partial charge in [-0.1, -0.05) is 87.9 Å². The number of carbonyl (C=O) groups is 15. The topological polar surface area (TPSA) is 591 Å². The summed E-state index contributed by atoms with van der Waals surface area (Å²) in [6.07, 6.45) is -3.57. The van der Waals surface area contributed by atoms with E-state index in [1.807, 2.05) is 25.1 Å². The molecule has 10 atom stereocenters. The van der Waals surface area contributed by atoms with Crippen LogP contribution in [0, 0.1) is 11.3 Å². The van der Waals surface area contributed by atoms with E-state index in [0.717, 1.165) is 10.9 Å². The van der Waals surface area contributed by atoms with Crippen molar-refractivity contribution in [1.29, 1.82) is 5.41 Å². The molecule has 36 nitrogen and oxygen atoms in total. The summed E-state index contributed by atoms with van der Waals surface area (Å²) in [4.78, 5) is 207. The van der Waals surface area contributed by atoms with Gasteiger partial charge in [0, 0.05) is 69.5 Å². The Kier molecular flexibility index (Phi) is 36.6. The van der Waals surface area contributed by atoms with Gasteiger partial charge in [-0.15, -0.1) is 0 Å². The number of aromatic nitrogens is 1. The lowest BCUT2D eigenvalue weighted by Crippen LogP contribution is -2.60. The molecule has 4 rings (SSSR count). The largest absolute Gasteiger partial charge is 0.508 e. The Bertz CT molecular complexity index is 3670. The highest BCUT2D eigenvalue weighted by molar-refractivity contribution is 6.00. The second-order valence-electron chi connectivity index (χ2n) is 25.8. The van der Waals surface area contributed by atoms with Crippen molar-refractivity contribution in [3.63, 3.8) is 0 Å². The van der Waals surface area contributed by atoms with E-state index in [1.165, 1.54) is 38.1 Å². The summed E-state index contributed by atoms with van der Waals surface area (Å²) in [5, 5.41) is 70.5. The molecule has 0 spiro atoms. The van der Waals surface area contributed by atoms with Gasteiger partial charge >= 0.3 is 11.9 Å². The molecule has 3 aromatic carbocycles. The number of aromatic amines is 1. The zero-order valence-electron chi connectivity index (χ0n) is 59.9. The number of unbranched alkanes of at least 4 members (excludes halogenated alkanes) is 1. The summed E-state index contributed by atoms with van der Waals surface area (Å²) in [6.45, 7) is 7.70. The van der Waals surface area contributed by atoms with Gasteiger partial charge in [-0.2, -0.15) is 0 Å². The molecule has 106 heavy (non-hydrogen) atoms. The third-order valence-electron chi connectivity index (χ3n) is 16.3. The standard InChI is InChI=1S/C70H100N18O18/c1-6-7-29-75-62(98)52(88-68(104)51(82-56(91)27-28-71)34-44-33-43-16-11-12-17-46(43)80-44)35-57(92)81-48(24-26-59(94)95)64(100)79-39(4)60(96)78-40(5)61(97)86-50(32-41-19-21-45(89)22-20-41)67(103)85-49(23-25-55(72)90)66(102)84-47(18-13-30-76-70(73)74)65(101)87-53(63(99)77-37-42-14-9-8-10-15-42)36-58(93)83-54(69(105)106)31-38(2)3/h8-12,14-17,19-22,33,38-40,47-54,80,89H,6-7,13,18,23-32,34-37,71H2,1-5H3,(H2,72,90)(H,75,98)(H,77,99)(H,78,96)(H,79,100)(H,81,92)(H,82,91)(H,83,93)(H,84,102)(H,85,103)(H,86,97)(H,87,101)(H,88,104)(H,94,95)(H,105,106)(H4,73,74,76)/t39-,40-,47-,48-,49-,50-,51-,52-,53-,54-/m0/s1. The minimum absolute atomic E-state index is 0.00609. The van der Waals surface area contributed by atoms with Crippen LogP contribution in [0.1, 0.15) is 128 Å². The van der Waals surface area contributed by atoms with Gasteiger partial charge < -0.3 is 107 Å². The molecule has 13 amide bonds. The van der Waals surface area contributed by atoms with E-state index in [1.54, 1.807) is 56.3 Å². The summed E-state index contributed by atoms with van der Waals surface area (Å²) in [5.41, 5.74) is 18.8. The van der Waals surface area contributed by atoms with Crippen LogP contribution in [0.15, 0.2) is 84.9 Å². The molecule has 0 saturated carbocycles. The molecule has 4 aromatic rings. The van der Waals surface area contributed by atoms with E-state index in [2.05, 4.69) is 74.1 Å². The highest BCUT2D eigenvalue weighted by atomic mass is 16.4. The SMILES string of the molecule is CCCCNC(=O)[C@H](CC(=O)N[C@@H](CCC(=O)O)C(=O)N[C@@H](C)C(=O)N[C@@H](C)C(=O)N[C@@H](Cc1ccc(O)cc1)C(=O)N[C@@H](CCC(N)=O)C(=O)N[C@@H](CCCNC(=N)N)C(=O)N[C@@H](CC(=O)N[C@@H](CC(C)C)C(=O)O)C(=O)NCc1ccccc1)NC(=O)[C@H](Cc1cc2ccccc2[nH]1)NC(=O)CCN. The molecule has 0 aliphatic heterocycles. The van der Waals surface area contributed by atoms with Gasteiger partial charge in [0.2, 0.25) is 76.8 Å². The van der Waals surface area contributed by atoms with Crippen LogP contribution in [0.5, 0.6) is 5.75 Å². The van der Waals surface area contributed by atoms with Crippen molar-refractivity contribution in [3.05, 3.63) is 102 Å². The lowest BCUT2D eigenvalue weighted by molar-refractivity contribution is -0.142. The number of hydrogen-bond donors (Lipinski definition) is 21. The number of rotatable bonds is 47. The highest BCUT2D eigenvalue weighted by Gasteiger charge is 2.36. The summed E-state index contributed by atoms with van der Waals surface area (Å²) in [7, 11) is 0. The number of H-pyrrole nitrogens is 1. The number of carboxylic acids is 2. The first-order chi connectivity index (χ1) is 50.2. The second kappa shape index (κ2) is 44.7. The summed E-state index contributed by atoms with van der Waals surface area (Å²) < 4.78 is 0. The normalized spacial score (nSPS) is 13.8. The van der Waals surface area contributed by atoms with Crippen molar-refractivity contribution in [2.24, 2.45) is 23.1 Å². The van der Waals surface area contributed by atoms with Gasteiger partial charge in [0.05, 0.1) is 12.8 Å². The maximum atomic E-state index is 14.6. The van der Waals surface area contributed by atoms with Crippen LogP contribution in [0.3, 0.4) is 0 Å². The van der Waals surface area contributed by atoms with Crippen LogP contribution < -0.4 is 86.3 Å². The molecule has 0 radical (unpaired) electrons. The number of benzene rings is 3. The number of para-hydroxylation sites is 1. The fraction of sp³-hybridized carbons (Fsp3) is 0.486. The first-order valence-corrected chi connectivity index (χ1v) is 34.7. The molecular weight excluding hydrogens is 1380 g/mol. The van der Waals surface area contributed by atoms with Crippen LogP contribution >= 0.6 is 0 Å². The van der Waals surface area contributed by atoms with Crippen molar-refractivity contribution in [3.8, 4) is 5.75 Å². The number of aromatic hydroxyl groups is 1. The number of phenolic OH excluding ortho intramolecular Hbond substituents is 1. The van der Waals surface area contributed by atoms with Crippen LogP contribution in [0.2, 0.25) is 0 Å². The molecule has 0 unspecified atom stereocenters. The maximum Gasteiger partial charge on any atom is 0.326 e. The molecule has 24 N–H and O–H groups in total. The second-order valence-corrected chi connectivity index (χ2v) is 25.8. The zero-order chi connectivity index (χ0) is 78.6. The third kappa shape index (κ3) is 31.9. The first kappa shape index (κ1) is 86.7. The van der Waals surface area contributed by atoms with Crippen LogP contribution in [-0.4, -0.2) is 195 Å². The summed E-state index contributed by atoms with van der Waals surface area (Å²) >= 11 is 0. The molecule has 1 aromatic heterocycles. The molecule has 0 bridgehead atoms. The maximum absolute atomic E-state index is 14.6. The molecule has 36 heteroatoms. The van der Waals surface area contributed by atoms with E-state index >= 15 is 0 Å². The Balaban J connectivity index is 1.56. The van der Waals surface area contributed by atoms with E-state index < -0.39 is 194 Å². The Morgan fingerprint density at radius 3 is 1.51 bits per heavy atom. The molecule has 0 aliphatic carbocycles. The van der Waals surface area contributed by atoms with Crippen LogP contribution in [-0.2, 0) is 91.3 Å². The van der Waals surface area contributed by atoms with E-state index in [-0.39, 0.29) is 76.4 Å². The predicted molar refractivity (Wildman–Crippen MR) is 385 cm³/mol. The Morgan fingerprint density at radius 1 is 0.472 bits per heavy atom. The summed E-state index contributed by atoms with van der Waals surface area (Å²) in [5.74, 6) is -16.0. The van der Waals surface area contributed by atoms with Crippen LogP contribution in [0.25, 0.3) is 10.9 Å². The number of carbonyl (C=O) groups excluding carboxylic acids is 13. The van der Waals surface area contributed by atoms with Gasteiger partial charge in [-0.05, 0) is 99.1 Å². The average Bonchev–Trinajstić information content (AvgIpc) is 1.45. The molecule has 0 fully saturated rings. The minimum Gasteiger partial charge on any atom is -0.508 e. The Morgan fingerprint density at radius 2 is 0.953 bits per heavy atom. The average molecular weight is 1480 g/mol. The highest BCUT2D eigenvalue weighted by Crippen LogP contribution is 2.18. The molecule has 0 aliphatic rings. The predicted octanol–water partition coefficient (Wildman–Crippen LogP) is -2.57. The summed E-state index contributed by atoms with van der Waals surface area (Å²) in [6, 6.07) is 7.17. The first-order valence-electron chi connectivity index (χ1n) is 34.7. The van der Waals surface area contributed by atoms with E-state index in [9.17, 15) is 87.2 Å². The molecule has 578 valence electrons. The third-order valence-corrected chi connectivity index (χ3v) is 16.3. The Labute approximate surface area is 611 Å². The number of primary amides is 1. The fourth-order valence-corrected chi connectivity index (χ4v) is 10.6. The smallest absolute Gasteiger partial charge is 0.326 e. The quantitative estimate of drug-likeness (QED) is 0.0123.